The van der Waals surface area contributed by atoms with Gasteiger partial charge < -0.3 is 0 Å². The molecule has 1 aromatic carbocycles. The normalized spacial score (nSPS) is 14.4. The van der Waals surface area contributed by atoms with E-state index in [1.807, 2.05) is 0 Å². The van der Waals surface area contributed by atoms with Gasteiger partial charge in [-0.1, -0.05) is 0 Å². The highest BCUT2D eigenvalue weighted by Crippen LogP contribution is 2.25. The van der Waals surface area contributed by atoms with Crippen molar-refractivity contribution in [3.8, 4) is 0 Å². The molecule has 0 amide bonds. The lowest BCUT2D eigenvalue weighted by molar-refractivity contribution is 0.0990. The quantitative estimate of drug-likeness (QED) is 0.614. The highest BCUT2D eigenvalue weighted by molar-refractivity contribution is 6.01. The van der Waals surface area contributed by atoms with E-state index in [4.69, 9.17) is 0 Å². The largest absolute Gasteiger partial charge is 0.298 e. The molecule has 2 rings (SSSR count). The zero-order valence-corrected chi connectivity index (χ0v) is 6.84. The number of ketones is 1. The Labute approximate surface area is 74.4 Å². The Bertz CT molecular complexity index is 396. The van der Waals surface area contributed by atoms with Crippen LogP contribution in [-0.2, 0) is 6.42 Å². The monoisotopic (exact) mass is 178 g/mol. The number of aryl methyl sites for hydroxylation is 1. The van der Waals surface area contributed by atoms with E-state index in [-0.39, 0.29) is 11.3 Å². The van der Waals surface area contributed by atoms with Gasteiger partial charge in [0.1, 0.15) is 12.1 Å². The molecule has 0 unspecified atom stereocenters. The number of carbonyl (C=O) groups is 2. The third-order valence-corrected chi connectivity index (χ3v) is 2.23. The summed E-state index contributed by atoms with van der Waals surface area (Å²) >= 11 is 0. The SMILES string of the molecule is O=Cc1cc(F)c2c(c1)CCC2=O. The molecule has 0 aromatic heterocycles. The van der Waals surface area contributed by atoms with Gasteiger partial charge in [-0.2, -0.15) is 0 Å². The fraction of sp³-hybridized carbons (Fsp3) is 0.200. The average Bonchev–Trinajstić information content (AvgIpc) is 2.48. The van der Waals surface area contributed by atoms with Crippen LogP contribution in [0.15, 0.2) is 12.1 Å². The molecule has 2 nitrogen and oxygen atoms in total. The Balaban J connectivity index is 2.65. The van der Waals surface area contributed by atoms with Gasteiger partial charge >= 0.3 is 0 Å². The smallest absolute Gasteiger partial charge is 0.166 e. The zero-order valence-electron chi connectivity index (χ0n) is 6.84. The van der Waals surface area contributed by atoms with Crippen molar-refractivity contribution in [1.29, 1.82) is 0 Å². The van der Waals surface area contributed by atoms with Crippen molar-refractivity contribution in [2.24, 2.45) is 0 Å². The summed E-state index contributed by atoms with van der Waals surface area (Å²) in [6, 6.07) is 2.69. The van der Waals surface area contributed by atoms with Crippen LogP contribution in [0.4, 0.5) is 4.39 Å². The topological polar surface area (TPSA) is 34.1 Å². The molecular formula is C10H7FO2. The number of halogens is 1. The molecule has 3 heteroatoms. The second-order valence-corrected chi connectivity index (χ2v) is 3.08. The summed E-state index contributed by atoms with van der Waals surface area (Å²) in [7, 11) is 0. The van der Waals surface area contributed by atoms with Crippen molar-refractivity contribution in [1.82, 2.24) is 0 Å². The Hall–Kier alpha value is -1.51. The fourth-order valence-corrected chi connectivity index (χ4v) is 1.64. The zero-order chi connectivity index (χ0) is 9.42. The van der Waals surface area contributed by atoms with Crippen molar-refractivity contribution in [3.05, 3.63) is 34.6 Å². The molecule has 0 radical (unpaired) electrons. The summed E-state index contributed by atoms with van der Waals surface area (Å²) in [6.07, 6.45) is 1.49. The van der Waals surface area contributed by atoms with Crippen LogP contribution in [0, 0.1) is 5.82 Å². The van der Waals surface area contributed by atoms with Crippen molar-refractivity contribution >= 4 is 12.1 Å². The molecule has 1 aromatic rings. The van der Waals surface area contributed by atoms with Crippen LogP contribution in [0.25, 0.3) is 0 Å². The summed E-state index contributed by atoms with van der Waals surface area (Å²) in [5.74, 6) is -0.730. The predicted molar refractivity (Wildman–Crippen MR) is 44.4 cm³/mol. The van der Waals surface area contributed by atoms with Gasteiger partial charge in [0, 0.05) is 12.0 Å². The minimum Gasteiger partial charge on any atom is -0.298 e. The lowest BCUT2D eigenvalue weighted by Gasteiger charge is -1.99. The first-order chi connectivity index (χ1) is 6.22. The molecular weight excluding hydrogens is 171 g/mol. The maximum atomic E-state index is 13.2. The second kappa shape index (κ2) is 2.76. The molecule has 0 heterocycles. The van der Waals surface area contributed by atoms with E-state index in [1.54, 1.807) is 6.07 Å². The Morgan fingerprint density at radius 3 is 2.77 bits per heavy atom. The molecule has 0 aliphatic heterocycles. The summed E-state index contributed by atoms with van der Waals surface area (Å²) in [5, 5.41) is 0. The lowest BCUT2D eigenvalue weighted by atomic mass is 10.1. The molecule has 0 atom stereocenters. The maximum absolute atomic E-state index is 13.2. The molecule has 0 saturated carbocycles. The molecule has 0 N–H and O–H groups in total. The molecule has 66 valence electrons. The van der Waals surface area contributed by atoms with E-state index in [9.17, 15) is 14.0 Å². The van der Waals surface area contributed by atoms with Crippen LogP contribution in [-0.4, -0.2) is 12.1 Å². The van der Waals surface area contributed by atoms with E-state index < -0.39 is 5.82 Å². The third kappa shape index (κ3) is 1.16. The molecule has 0 bridgehead atoms. The first-order valence-corrected chi connectivity index (χ1v) is 4.03. The van der Waals surface area contributed by atoms with E-state index >= 15 is 0 Å². The molecule has 0 fully saturated rings. The summed E-state index contributed by atoms with van der Waals surface area (Å²) in [6.45, 7) is 0. The number of benzene rings is 1. The number of aldehydes is 1. The van der Waals surface area contributed by atoms with Crippen molar-refractivity contribution < 1.29 is 14.0 Å². The minimum atomic E-state index is -0.567. The Morgan fingerprint density at radius 1 is 1.31 bits per heavy atom. The standard InChI is InChI=1S/C10H7FO2/c11-8-4-6(5-12)3-7-1-2-9(13)10(7)8/h3-5H,1-2H2. The van der Waals surface area contributed by atoms with Gasteiger partial charge in [-0.3, -0.25) is 9.59 Å². The van der Waals surface area contributed by atoms with Gasteiger partial charge in [0.15, 0.2) is 5.78 Å². The summed E-state index contributed by atoms with van der Waals surface area (Å²) in [4.78, 5) is 21.5. The molecule has 1 aliphatic carbocycles. The average molecular weight is 178 g/mol. The number of fused-ring (bicyclic) bond motifs is 1. The number of rotatable bonds is 1. The van der Waals surface area contributed by atoms with Gasteiger partial charge in [0.25, 0.3) is 0 Å². The van der Waals surface area contributed by atoms with E-state index in [2.05, 4.69) is 0 Å². The van der Waals surface area contributed by atoms with Gasteiger partial charge in [0.2, 0.25) is 0 Å². The summed E-state index contributed by atoms with van der Waals surface area (Å²) in [5.41, 5.74) is 1.13. The van der Waals surface area contributed by atoms with Gasteiger partial charge in [0.05, 0.1) is 5.56 Å². The second-order valence-electron chi connectivity index (χ2n) is 3.08. The van der Waals surface area contributed by atoms with Gasteiger partial charge in [-0.15, -0.1) is 0 Å². The predicted octanol–water partition coefficient (Wildman–Crippen LogP) is 1.77. The van der Waals surface area contributed by atoms with E-state index in [0.29, 0.717) is 30.3 Å². The Kier molecular flexibility index (Phi) is 1.72. The van der Waals surface area contributed by atoms with Crippen LogP contribution in [0.2, 0.25) is 0 Å². The number of hydrogen-bond donors (Lipinski definition) is 0. The first kappa shape index (κ1) is 8.10. The lowest BCUT2D eigenvalue weighted by Crippen LogP contribution is -1.97. The number of carbonyl (C=O) groups excluding carboxylic acids is 2. The van der Waals surface area contributed by atoms with E-state index in [0.717, 1.165) is 6.07 Å². The third-order valence-electron chi connectivity index (χ3n) is 2.23. The molecule has 13 heavy (non-hydrogen) atoms. The van der Waals surface area contributed by atoms with E-state index in [1.165, 1.54) is 0 Å². The summed E-state index contributed by atoms with van der Waals surface area (Å²) < 4.78 is 13.2. The number of hydrogen-bond acceptors (Lipinski definition) is 2. The molecule has 0 saturated heterocycles. The van der Waals surface area contributed by atoms with Crippen LogP contribution in [0.3, 0.4) is 0 Å². The van der Waals surface area contributed by atoms with Crippen molar-refractivity contribution in [2.75, 3.05) is 0 Å². The highest BCUT2D eigenvalue weighted by Gasteiger charge is 2.23. The number of Topliss-reactive ketones (excluding diaryl/α,β-unsaturated/α-hetero) is 1. The highest BCUT2D eigenvalue weighted by atomic mass is 19.1. The van der Waals surface area contributed by atoms with Crippen LogP contribution in [0.5, 0.6) is 0 Å². The maximum Gasteiger partial charge on any atom is 0.166 e. The van der Waals surface area contributed by atoms with Gasteiger partial charge in [-0.05, 0) is 24.1 Å². The van der Waals surface area contributed by atoms with Crippen LogP contribution in [0.1, 0.15) is 32.7 Å². The first-order valence-electron chi connectivity index (χ1n) is 4.03. The molecule has 1 aliphatic rings. The van der Waals surface area contributed by atoms with Crippen molar-refractivity contribution in [2.45, 2.75) is 12.8 Å². The van der Waals surface area contributed by atoms with Gasteiger partial charge in [-0.25, -0.2) is 4.39 Å². The van der Waals surface area contributed by atoms with Crippen LogP contribution < -0.4 is 0 Å². The Morgan fingerprint density at radius 2 is 2.08 bits per heavy atom. The van der Waals surface area contributed by atoms with Crippen molar-refractivity contribution in [3.63, 3.8) is 0 Å². The van der Waals surface area contributed by atoms with Crippen LogP contribution >= 0.6 is 0 Å². The fourth-order valence-electron chi connectivity index (χ4n) is 1.64. The minimum absolute atomic E-state index is 0.162. The molecule has 0 spiro atoms.